The lowest BCUT2D eigenvalue weighted by molar-refractivity contribution is -0.124. The maximum Gasteiger partial charge on any atom is 0.251 e. The van der Waals surface area contributed by atoms with Gasteiger partial charge in [-0.25, -0.2) is 0 Å². The minimum atomic E-state index is -0.593. The lowest BCUT2D eigenvalue weighted by atomic mass is 9.87. The monoisotopic (exact) mass is 416 g/mol. The highest BCUT2D eigenvalue weighted by atomic mass is 32.1. The summed E-state index contributed by atoms with van der Waals surface area (Å²) in [7, 11) is 0. The Balaban J connectivity index is 1.98. The number of benzene rings is 1. The summed E-state index contributed by atoms with van der Waals surface area (Å²) in [6.45, 7) is 12.4. The minimum absolute atomic E-state index is 0.115. The Morgan fingerprint density at radius 2 is 1.90 bits per heavy atom. The number of anilines is 1. The number of rotatable bonds is 9. The largest absolute Gasteiger partial charge is 0.493 e. The molecule has 1 heterocycles. The summed E-state index contributed by atoms with van der Waals surface area (Å²) in [5.74, 6) is 0.274. The predicted molar refractivity (Wildman–Crippen MR) is 120 cm³/mol. The van der Waals surface area contributed by atoms with Crippen LogP contribution in [0, 0.1) is 26.2 Å². The van der Waals surface area contributed by atoms with Crippen molar-refractivity contribution >= 4 is 28.2 Å². The molecule has 0 fully saturated rings. The number of carbonyl (C=O) groups excluding carboxylic acids is 2. The molecular formula is C23H32N2O3S. The summed E-state index contributed by atoms with van der Waals surface area (Å²) in [5.41, 5.74) is 8.59. The third-order valence-electron chi connectivity index (χ3n) is 5.20. The molecule has 0 unspecified atom stereocenters. The zero-order chi connectivity index (χ0) is 21.8. The highest BCUT2D eigenvalue weighted by Gasteiger charge is 2.29. The first-order valence-electron chi connectivity index (χ1n) is 10.0. The van der Waals surface area contributed by atoms with Crippen molar-refractivity contribution in [1.29, 1.82) is 0 Å². The summed E-state index contributed by atoms with van der Waals surface area (Å²) in [4.78, 5) is 25.8. The van der Waals surface area contributed by atoms with Crippen LogP contribution >= 0.6 is 11.3 Å². The third kappa shape index (κ3) is 5.60. The SMILES string of the molecule is CCc1c(C)sc(NC(=O)C(C)(C)CCCOc2cc(C)ccc2C)c1C(N)=O. The molecule has 0 aliphatic rings. The van der Waals surface area contributed by atoms with Crippen molar-refractivity contribution in [2.75, 3.05) is 11.9 Å². The number of ether oxygens (including phenoxy) is 1. The number of primary amides is 1. The first kappa shape index (κ1) is 22.9. The van der Waals surface area contributed by atoms with E-state index in [2.05, 4.69) is 11.4 Å². The highest BCUT2D eigenvalue weighted by Crippen LogP contribution is 2.35. The summed E-state index contributed by atoms with van der Waals surface area (Å²) >= 11 is 1.41. The molecule has 6 heteroatoms. The van der Waals surface area contributed by atoms with E-state index in [1.54, 1.807) is 0 Å². The summed E-state index contributed by atoms with van der Waals surface area (Å²) < 4.78 is 5.90. The number of thiophene rings is 1. The van der Waals surface area contributed by atoms with Crippen molar-refractivity contribution in [2.24, 2.45) is 11.1 Å². The Morgan fingerprint density at radius 1 is 1.21 bits per heavy atom. The molecule has 1 aromatic heterocycles. The first-order valence-corrected chi connectivity index (χ1v) is 10.8. The predicted octanol–water partition coefficient (Wildman–Crippen LogP) is 5.16. The van der Waals surface area contributed by atoms with Gasteiger partial charge in [-0.2, -0.15) is 0 Å². The molecule has 2 amide bonds. The zero-order valence-electron chi connectivity index (χ0n) is 18.3. The topological polar surface area (TPSA) is 81.4 Å². The van der Waals surface area contributed by atoms with Gasteiger partial charge in [0.05, 0.1) is 12.2 Å². The summed E-state index contributed by atoms with van der Waals surface area (Å²) in [5, 5.41) is 3.49. The molecule has 0 atom stereocenters. The summed E-state index contributed by atoms with van der Waals surface area (Å²) in [6, 6.07) is 6.14. The number of carbonyl (C=O) groups is 2. The number of amides is 2. The van der Waals surface area contributed by atoms with E-state index in [4.69, 9.17) is 10.5 Å². The van der Waals surface area contributed by atoms with E-state index in [1.165, 1.54) is 11.3 Å². The van der Waals surface area contributed by atoms with Crippen LogP contribution in [-0.2, 0) is 11.2 Å². The van der Waals surface area contributed by atoms with Crippen molar-refractivity contribution in [1.82, 2.24) is 0 Å². The number of hydrogen-bond donors (Lipinski definition) is 2. The van der Waals surface area contributed by atoms with Crippen LogP contribution < -0.4 is 15.8 Å². The normalized spacial score (nSPS) is 11.4. The summed E-state index contributed by atoms with van der Waals surface area (Å²) in [6.07, 6.45) is 2.12. The maximum atomic E-state index is 12.9. The average Bonchev–Trinajstić information content (AvgIpc) is 2.96. The second-order valence-electron chi connectivity index (χ2n) is 8.12. The average molecular weight is 417 g/mol. The van der Waals surface area contributed by atoms with Gasteiger partial charge in [-0.05, 0) is 62.8 Å². The van der Waals surface area contributed by atoms with Crippen LogP contribution in [0.15, 0.2) is 18.2 Å². The van der Waals surface area contributed by atoms with Crippen LogP contribution in [0.5, 0.6) is 5.75 Å². The number of nitrogens with one attached hydrogen (secondary N) is 1. The van der Waals surface area contributed by atoms with Crippen LogP contribution in [0.4, 0.5) is 5.00 Å². The first-order chi connectivity index (χ1) is 13.6. The van der Waals surface area contributed by atoms with E-state index in [-0.39, 0.29) is 5.91 Å². The van der Waals surface area contributed by atoms with E-state index < -0.39 is 11.3 Å². The molecule has 0 saturated heterocycles. The molecule has 1 aromatic carbocycles. The molecule has 158 valence electrons. The number of aryl methyl sites for hydroxylation is 3. The number of nitrogens with two attached hydrogens (primary N) is 1. The van der Waals surface area contributed by atoms with E-state index in [1.807, 2.05) is 53.7 Å². The number of hydrogen-bond acceptors (Lipinski definition) is 4. The van der Waals surface area contributed by atoms with E-state index >= 15 is 0 Å². The van der Waals surface area contributed by atoms with Crippen molar-refractivity contribution in [2.45, 2.75) is 60.8 Å². The Labute approximate surface area is 177 Å². The second-order valence-corrected chi connectivity index (χ2v) is 9.34. The lowest BCUT2D eigenvalue weighted by Gasteiger charge is -2.23. The van der Waals surface area contributed by atoms with Gasteiger partial charge in [0.25, 0.3) is 5.91 Å². The van der Waals surface area contributed by atoms with Gasteiger partial charge in [-0.15, -0.1) is 11.3 Å². The Hall–Kier alpha value is -2.34. The molecule has 0 bridgehead atoms. The van der Waals surface area contributed by atoms with E-state index in [0.29, 0.717) is 30.0 Å². The molecule has 2 aromatic rings. The van der Waals surface area contributed by atoms with Crippen LogP contribution in [0.2, 0.25) is 0 Å². The molecule has 3 N–H and O–H groups in total. The van der Waals surface area contributed by atoms with Crippen LogP contribution in [-0.4, -0.2) is 18.4 Å². The van der Waals surface area contributed by atoms with Crippen molar-refractivity contribution in [3.05, 3.63) is 45.3 Å². The highest BCUT2D eigenvalue weighted by molar-refractivity contribution is 7.16. The fourth-order valence-electron chi connectivity index (χ4n) is 3.30. The molecule has 0 spiro atoms. The molecule has 2 rings (SSSR count). The van der Waals surface area contributed by atoms with Gasteiger partial charge in [0.2, 0.25) is 5.91 Å². The lowest BCUT2D eigenvalue weighted by Crippen LogP contribution is -2.31. The van der Waals surface area contributed by atoms with Crippen LogP contribution in [0.25, 0.3) is 0 Å². The van der Waals surface area contributed by atoms with Gasteiger partial charge >= 0.3 is 0 Å². The molecule has 0 saturated carbocycles. The third-order valence-corrected chi connectivity index (χ3v) is 6.26. The van der Waals surface area contributed by atoms with E-state index in [9.17, 15) is 9.59 Å². The minimum Gasteiger partial charge on any atom is -0.493 e. The van der Waals surface area contributed by atoms with Crippen LogP contribution in [0.3, 0.4) is 0 Å². The fourth-order valence-corrected chi connectivity index (χ4v) is 4.44. The van der Waals surface area contributed by atoms with Gasteiger partial charge in [0, 0.05) is 10.3 Å². The Kier molecular flexibility index (Phi) is 7.47. The second kappa shape index (κ2) is 9.44. The van der Waals surface area contributed by atoms with Gasteiger partial charge < -0.3 is 15.8 Å². The Bertz CT molecular complexity index is 900. The zero-order valence-corrected chi connectivity index (χ0v) is 19.1. The van der Waals surface area contributed by atoms with Gasteiger partial charge in [0.1, 0.15) is 10.8 Å². The maximum absolute atomic E-state index is 12.9. The standard InChI is InChI=1S/C23H32N2O3S/c1-7-17-16(4)29-21(19(17)20(24)26)25-22(27)23(5,6)11-8-12-28-18-13-14(2)9-10-15(18)3/h9-10,13H,7-8,11-12H2,1-6H3,(H2,24,26)(H,25,27). The molecule has 0 aliphatic carbocycles. The quantitative estimate of drug-likeness (QED) is 0.554. The van der Waals surface area contributed by atoms with Crippen LogP contribution in [0.1, 0.15) is 65.5 Å². The molecule has 5 nitrogen and oxygen atoms in total. The smallest absolute Gasteiger partial charge is 0.251 e. The molecular weight excluding hydrogens is 384 g/mol. The Morgan fingerprint density at radius 3 is 2.52 bits per heavy atom. The van der Waals surface area contributed by atoms with Gasteiger partial charge in [-0.1, -0.05) is 32.9 Å². The van der Waals surface area contributed by atoms with Crippen molar-refractivity contribution < 1.29 is 14.3 Å². The molecule has 0 radical (unpaired) electrons. The van der Waals surface area contributed by atoms with E-state index in [0.717, 1.165) is 33.7 Å². The molecule has 29 heavy (non-hydrogen) atoms. The molecule has 0 aliphatic heterocycles. The van der Waals surface area contributed by atoms with Gasteiger partial charge in [-0.3, -0.25) is 9.59 Å². The fraction of sp³-hybridized carbons (Fsp3) is 0.478. The van der Waals surface area contributed by atoms with Crippen molar-refractivity contribution in [3.8, 4) is 5.75 Å². The van der Waals surface area contributed by atoms with Crippen molar-refractivity contribution in [3.63, 3.8) is 0 Å². The van der Waals surface area contributed by atoms with Gasteiger partial charge in [0.15, 0.2) is 0 Å².